The van der Waals surface area contributed by atoms with Crippen LogP contribution < -0.4 is 0 Å². The number of allylic oxidation sites excluding steroid dienone is 1. The first kappa shape index (κ1) is 12.6. The molecule has 0 amide bonds. The first-order valence-corrected chi connectivity index (χ1v) is 6.22. The van der Waals surface area contributed by atoms with Gasteiger partial charge in [-0.25, -0.2) is 4.39 Å². The van der Waals surface area contributed by atoms with Crippen molar-refractivity contribution in [3.8, 4) is 0 Å². The van der Waals surface area contributed by atoms with E-state index in [1.54, 1.807) is 12.1 Å². The van der Waals surface area contributed by atoms with Crippen molar-refractivity contribution in [3.05, 3.63) is 77.6 Å². The van der Waals surface area contributed by atoms with E-state index < -0.39 is 0 Å². The van der Waals surface area contributed by atoms with Crippen molar-refractivity contribution in [2.24, 2.45) is 5.92 Å². The predicted octanol–water partition coefficient (Wildman–Crippen LogP) is 4.72. The minimum Gasteiger partial charge on any atom is -0.207 e. The molecule has 0 saturated heterocycles. The van der Waals surface area contributed by atoms with Crippen LogP contribution in [0.4, 0.5) is 4.39 Å². The summed E-state index contributed by atoms with van der Waals surface area (Å²) >= 11 is 0. The Labute approximate surface area is 108 Å². The van der Waals surface area contributed by atoms with E-state index in [1.807, 2.05) is 12.1 Å². The summed E-state index contributed by atoms with van der Waals surface area (Å²) in [6, 6.07) is 17.0. The molecular formula is C17H17F. The molecule has 0 saturated carbocycles. The molecule has 2 rings (SSSR count). The number of benzene rings is 2. The van der Waals surface area contributed by atoms with E-state index in [4.69, 9.17) is 0 Å². The van der Waals surface area contributed by atoms with Crippen molar-refractivity contribution >= 4 is 6.08 Å². The molecule has 0 radical (unpaired) electrons. The van der Waals surface area contributed by atoms with Crippen LogP contribution in [0.1, 0.15) is 18.1 Å². The first-order chi connectivity index (χ1) is 8.74. The molecule has 2 aromatic carbocycles. The zero-order valence-electron chi connectivity index (χ0n) is 10.5. The van der Waals surface area contributed by atoms with E-state index in [-0.39, 0.29) is 5.82 Å². The molecule has 0 aliphatic rings. The van der Waals surface area contributed by atoms with Crippen LogP contribution in [0.3, 0.4) is 0 Å². The molecule has 2 aromatic rings. The molecular weight excluding hydrogens is 223 g/mol. The van der Waals surface area contributed by atoms with Crippen molar-refractivity contribution in [1.82, 2.24) is 0 Å². The number of rotatable bonds is 4. The van der Waals surface area contributed by atoms with Gasteiger partial charge in [-0.15, -0.1) is 0 Å². The van der Waals surface area contributed by atoms with Gasteiger partial charge < -0.3 is 0 Å². The predicted molar refractivity (Wildman–Crippen MR) is 74.7 cm³/mol. The van der Waals surface area contributed by atoms with Gasteiger partial charge in [0.1, 0.15) is 5.82 Å². The minimum absolute atomic E-state index is 0.190. The molecule has 0 heterocycles. The molecule has 0 spiro atoms. The molecule has 1 heteroatoms. The van der Waals surface area contributed by atoms with Crippen LogP contribution in [0.15, 0.2) is 60.7 Å². The molecule has 0 aliphatic heterocycles. The molecule has 1 unspecified atom stereocenters. The fourth-order valence-corrected chi connectivity index (χ4v) is 1.90. The van der Waals surface area contributed by atoms with Crippen LogP contribution in [0.25, 0.3) is 6.08 Å². The van der Waals surface area contributed by atoms with Crippen molar-refractivity contribution < 1.29 is 4.39 Å². The third-order valence-electron chi connectivity index (χ3n) is 2.89. The van der Waals surface area contributed by atoms with Crippen molar-refractivity contribution in [1.29, 1.82) is 0 Å². The summed E-state index contributed by atoms with van der Waals surface area (Å²) in [7, 11) is 0. The zero-order valence-corrected chi connectivity index (χ0v) is 10.5. The largest absolute Gasteiger partial charge is 0.207 e. The van der Waals surface area contributed by atoms with Gasteiger partial charge in [-0.2, -0.15) is 0 Å². The second kappa shape index (κ2) is 6.15. The molecule has 18 heavy (non-hydrogen) atoms. The average molecular weight is 240 g/mol. The van der Waals surface area contributed by atoms with E-state index in [0.29, 0.717) is 5.92 Å². The van der Waals surface area contributed by atoms with Gasteiger partial charge in [0.05, 0.1) is 0 Å². The molecule has 0 nitrogen and oxygen atoms in total. The summed E-state index contributed by atoms with van der Waals surface area (Å²) in [6.07, 6.45) is 5.24. The van der Waals surface area contributed by atoms with E-state index in [2.05, 4.69) is 37.3 Å². The van der Waals surface area contributed by atoms with Crippen molar-refractivity contribution in [3.63, 3.8) is 0 Å². The van der Waals surface area contributed by atoms with Crippen LogP contribution in [-0.4, -0.2) is 0 Å². The fourth-order valence-electron chi connectivity index (χ4n) is 1.90. The van der Waals surface area contributed by atoms with Crippen LogP contribution in [0.5, 0.6) is 0 Å². The smallest absolute Gasteiger partial charge is 0.123 e. The normalized spacial score (nSPS) is 12.8. The summed E-state index contributed by atoms with van der Waals surface area (Å²) in [5.74, 6) is 0.280. The van der Waals surface area contributed by atoms with Gasteiger partial charge in [0.2, 0.25) is 0 Å². The van der Waals surface area contributed by atoms with Gasteiger partial charge in [0, 0.05) is 0 Å². The fraction of sp³-hybridized carbons (Fsp3) is 0.176. The van der Waals surface area contributed by atoms with E-state index >= 15 is 0 Å². The monoisotopic (exact) mass is 240 g/mol. The van der Waals surface area contributed by atoms with E-state index in [1.165, 1.54) is 17.7 Å². The number of halogens is 1. The van der Waals surface area contributed by atoms with Gasteiger partial charge >= 0.3 is 0 Å². The summed E-state index contributed by atoms with van der Waals surface area (Å²) in [6.45, 7) is 2.19. The standard InChI is InChI=1S/C17H17F/c1-14(13-16-5-3-2-4-6-16)7-8-15-9-11-17(18)12-10-15/h2-12,14H,13H2,1H3/b8-7-. The summed E-state index contributed by atoms with van der Waals surface area (Å²) < 4.78 is 12.7. The highest BCUT2D eigenvalue weighted by molar-refractivity contribution is 5.49. The Balaban J connectivity index is 1.95. The van der Waals surface area contributed by atoms with Gasteiger partial charge in [0.25, 0.3) is 0 Å². The maximum absolute atomic E-state index is 12.7. The Kier molecular flexibility index (Phi) is 4.30. The molecule has 92 valence electrons. The highest BCUT2D eigenvalue weighted by atomic mass is 19.1. The second-order valence-electron chi connectivity index (χ2n) is 4.58. The second-order valence-corrected chi connectivity index (χ2v) is 4.58. The molecule has 0 aromatic heterocycles. The maximum atomic E-state index is 12.7. The van der Waals surface area contributed by atoms with Gasteiger partial charge in [-0.3, -0.25) is 0 Å². The zero-order chi connectivity index (χ0) is 12.8. The maximum Gasteiger partial charge on any atom is 0.123 e. The average Bonchev–Trinajstić information content (AvgIpc) is 2.39. The van der Waals surface area contributed by atoms with Gasteiger partial charge in [-0.05, 0) is 35.6 Å². The van der Waals surface area contributed by atoms with Crippen LogP contribution in [0.2, 0.25) is 0 Å². The lowest BCUT2D eigenvalue weighted by Crippen LogP contribution is -1.95. The molecule has 0 N–H and O–H groups in total. The Morgan fingerprint density at radius 3 is 2.33 bits per heavy atom. The van der Waals surface area contributed by atoms with Crippen LogP contribution >= 0.6 is 0 Å². The lowest BCUT2D eigenvalue weighted by Gasteiger charge is -2.06. The topological polar surface area (TPSA) is 0 Å². The lowest BCUT2D eigenvalue weighted by atomic mass is 10.00. The van der Waals surface area contributed by atoms with E-state index in [9.17, 15) is 4.39 Å². The molecule has 0 fully saturated rings. The van der Waals surface area contributed by atoms with Crippen LogP contribution in [-0.2, 0) is 6.42 Å². The highest BCUT2D eigenvalue weighted by Crippen LogP contribution is 2.12. The van der Waals surface area contributed by atoms with Crippen molar-refractivity contribution in [2.45, 2.75) is 13.3 Å². The van der Waals surface area contributed by atoms with Crippen molar-refractivity contribution in [2.75, 3.05) is 0 Å². The molecule has 1 atom stereocenters. The first-order valence-electron chi connectivity index (χ1n) is 6.22. The lowest BCUT2D eigenvalue weighted by molar-refractivity contribution is 0.627. The molecule has 0 aliphatic carbocycles. The number of hydrogen-bond donors (Lipinski definition) is 0. The SMILES string of the molecule is CC(/C=C\c1ccc(F)cc1)Cc1ccccc1. The summed E-state index contributed by atoms with van der Waals surface area (Å²) in [4.78, 5) is 0. The number of hydrogen-bond acceptors (Lipinski definition) is 0. The third-order valence-corrected chi connectivity index (χ3v) is 2.89. The Morgan fingerprint density at radius 2 is 1.67 bits per heavy atom. The highest BCUT2D eigenvalue weighted by Gasteiger charge is 1.99. The van der Waals surface area contributed by atoms with Gasteiger partial charge in [0.15, 0.2) is 0 Å². The quantitative estimate of drug-likeness (QED) is 0.725. The molecule has 0 bridgehead atoms. The van der Waals surface area contributed by atoms with E-state index in [0.717, 1.165) is 12.0 Å². The van der Waals surface area contributed by atoms with Crippen LogP contribution in [0, 0.1) is 11.7 Å². The third kappa shape index (κ3) is 3.85. The summed E-state index contributed by atoms with van der Waals surface area (Å²) in [5.41, 5.74) is 2.38. The summed E-state index contributed by atoms with van der Waals surface area (Å²) in [5, 5.41) is 0. The van der Waals surface area contributed by atoms with Gasteiger partial charge in [-0.1, -0.05) is 61.5 Å². The Morgan fingerprint density at radius 1 is 1.00 bits per heavy atom. The Bertz CT molecular complexity index is 497. The Hall–Kier alpha value is -1.89. The minimum atomic E-state index is -0.190.